The molecule has 14 heavy (non-hydrogen) atoms. The van der Waals surface area contributed by atoms with Crippen LogP contribution in [0.2, 0.25) is 0 Å². The van der Waals surface area contributed by atoms with Crippen molar-refractivity contribution in [3.05, 3.63) is 18.2 Å². The van der Waals surface area contributed by atoms with Crippen LogP contribution >= 0.6 is 10.0 Å². The molecule has 1 aromatic heterocycles. The second kappa shape index (κ2) is 6.15. The zero-order valence-corrected chi connectivity index (χ0v) is 10.1. The number of aromatic nitrogens is 2. The van der Waals surface area contributed by atoms with Crippen LogP contribution in [0.3, 0.4) is 0 Å². The van der Waals surface area contributed by atoms with Crippen LogP contribution in [0, 0.1) is 0 Å². The number of nitrogens with one attached hydrogen (secondary N) is 1. The number of hydrogen-bond donors (Lipinski definition) is 1. The van der Waals surface area contributed by atoms with E-state index in [2.05, 4.69) is 33.6 Å². The summed E-state index contributed by atoms with van der Waals surface area (Å²) in [5, 5.41) is 0. The molecule has 5 nitrogen and oxygen atoms in total. The summed E-state index contributed by atoms with van der Waals surface area (Å²) in [6.07, 6.45) is 6.34. The van der Waals surface area contributed by atoms with Crippen molar-refractivity contribution in [2.75, 3.05) is 0 Å². The molecule has 0 aliphatic carbocycles. The summed E-state index contributed by atoms with van der Waals surface area (Å²) < 4.78 is 28.9. The molecule has 0 fully saturated rings. The molecule has 1 N–H and O–H groups in total. The van der Waals surface area contributed by atoms with Crippen molar-refractivity contribution in [2.24, 2.45) is 7.05 Å². The molecule has 1 rings (SSSR count). The molecule has 1 aromatic rings. The summed E-state index contributed by atoms with van der Waals surface area (Å²) in [4.78, 5) is 3.17. The maximum absolute atomic E-state index is 8.91. The second-order valence-corrected chi connectivity index (χ2v) is 5.45. The van der Waals surface area contributed by atoms with Crippen LogP contribution in [0.4, 0.5) is 0 Å². The Kier molecular flexibility index (Phi) is 5.97. The fourth-order valence-corrected chi connectivity index (χ4v) is 0.922. The topological polar surface area (TPSA) is 76.9 Å². The van der Waals surface area contributed by atoms with Gasteiger partial charge in [0.2, 0.25) is 0 Å². The Hall–Kier alpha value is -0.408. The Morgan fingerprint density at radius 1 is 1.64 bits per heavy atom. The minimum absolute atomic E-state index is 1.14. The van der Waals surface area contributed by atoms with Crippen LogP contribution in [0.15, 0.2) is 12.4 Å². The summed E-state index contributed by atoms with van der Waals surface area (Å²) in [7, 11) is 6.08. The third-order valence-electron chi connectivity index (χ3n) is 1.46. The molecule has 0 saturated carbocycles. The SMILES string of the molecule is CCCc1[nH]cc[n+]1C.[O]=[Cr](=[O])([O-])[Cl]. The zero-order chi connectivity index (χ0) is 11.2. The molecule has 0 saturated heterocycles. The van der Waals surface area contributed by atoms with Crippen LogP contribution in [0.5, 0.6) is 0 Å². The molecule has 0 unspecified atom stereocenters. The van der Waals surface area contributed by atoms with E-state index in [0.29, 0.717) is 0 Å². The fraction of sp³-hybridized carbons (Fsp3) is 0.571. The van der Waals surface area contributed by atoms with Crippen molar-refractivity contribution in [1.29, 1.82) is 0 Å². The van der Waals surface area contributed by atoms with E-state index >= 15 is 0 Å². The number of aromatic amines is 1. The van der Waals surface area contributed by atoms with E-state index in [0.717, 1.165) is 6.42 Å². The fourth-order valence-electron chi connectivity index (χ4n) is 0.922. The average molecular weight is 261 g/mol. The Labute approximate surface area is 89.0 Å². The molecule has 0 atom stereocenters. The van der Waals surface area contributed by atoms with Gasteiger partial charge in [0.05, 0.1) is 7.05 Å². The molecule has 0 amide bonds. The molecule has 0 aliphatic rings. The maximum atomic E-state index is 8.91. The van der Waals surface area contributed by atoms with Gasteiger partial charge in [0.1, 0.15) is 12.4 Å². The number of aryl methyl sites for hydroxylation is 2. The molecule has 0 spiro atoms. The van der Waals surface area contributed by atoms with E-state index in [4.69, 9.17) is 11.8 Å². The van der Waals surface area contributed by atoms with Gasteiger partial charge in [-0.05, 0) is 6.42 Å². The number of halogens is 1. The molecule has 82 valence electrons. The van der Waals surface area contributed by atoms with E-state index < -0.39 is 12.4 Å². The second-order valence-electron chi connectivity index (χ2n) is 2.66. The first-order chi connectivity index (χ1) is 6.34. The van der Waals surface area contributed by atoms with Gasteiger partial charge in [-0.15, -0.1) is 0 Å². The number of rotatable bonds is 2. The first kappa shape index (κ1) is 13.6. The first-order valence-corrected chi connectivity index (χ1v) is 7.33. The van der Waals surface area contributed by atoms with Gasteiger partial charge in [-0.1, -0.05) is 6.92 Å². The Balaban J connectivity index is 0.000000292. The van der Waals surface area contributed by atoms with E-state index in [1.165, 1.54) is 12.2 Å². The third kappa shape index (κ3) is 8.20. The summed E-state index contributed by atoms with van der Waals surface area (Å²) >= 11 is -5.03. The molecule has 0 bridgehead atoms. The minimum atomic E-state index is -5.03. The molecule has 1 heterocycles. The van der Waals surface area contributed by atoms with Crippen LogP contribution in [0.1, 0.15) is 19.2 Å². The molecule has 0 aliphatic heterocycles. The average Bonchev–Trinajstić information content (AvgIpc) is 2.34. The Morgan fingerprint density at radius 2 is 2.14 bits per heavy atom. The Morgan fingerprint density at radius 3 is 2.43 bits per heavy atom. The number of H-pyrrole nitrogens is 1. The van der Waals surface area contributed by atoms with Crippen LogP contribution in [-0.2, 0) is 33.4 Å². The van der Waals surface area contributed by atoms with Gasteiger partial charge < -0.3 is 0 Å². The van der Waals surface area contributed by atoms with Gasteiger partial charge in [0.25, 0.3) is 5.82 Å². The van der Waals surface area contributed by atoms with Gasteiger partial charge in [0.15, 0.2) is 0 Å². The van der Waals surface area contributed by atoms with E-state index in [-0.39, 0.29) is 0 Å². The monoisotopic (exact) mass is 260 g/mol. The molecule has 7 heteroatoms. The van der Waals surface area contributed by atoms with Gasteiger partial charge >= 0.3 is 34.2 Å². The number of nitrogens with zero attached hydrogens (tertiary/aromatic N) is 1. The van der Waals surface area contributed by atoms with Crippen molar-refractivity contribution in [1.82, 2.24) is 4.98 Å². The van der Waals surface area contributed by atoms with Crippen molar-refractivity contribution < 1.29 is 28.7 Å². The van der Waals surface area contributed by atoms with Gasteiger partial charge in [-0.25, -0.2) is 9.55 Å². The summed E-state index contributed by atoms with van der Waals surface area (Å²) in [5.74, 6) is 1.30. The molecular weight excluding hydrogens is 248 g/mol. The van der Waals surface area contributed by atoms with Crippen molar-refractivity contribution in [3.8, 4) is 0 Å². The third-order valence-corrected chi connectivity index (χ3v) is 1.46. The molecule has 0 radical (unpaired) electrons. The summed E-state index contributed by atoms with van der Waals surface area (Å²) in [5.41, 5.74) is 0. The normalized spacial score (nSPS) is 10.6. The van der Waals surface area contributed by atoms with Crippen LogP contribution in [0.25, 0.3) is 0 Å². The number of imidazole rings is 1. The van der Waals surface area contributed by atoms with E-state index in [1.54, 1.807) is 0 Å². The molecular formula is C7H13ClCrN2O3. The summed E-state index contributed by atoms with van der Waals surface area (Å²) in [6.45, 7) is 2.18. The predicted octanol–water partition coefficient (Wildman–Crippen LogP) is 0.0521. The van der Waals surface area contributed by atoms with E-state index in [9.17, 15) is 0 Å². The van der Waals surface area contributed by atoms with Gasteiger partial charge in [-0.3, -0.25) is 0 Å². The van der Waals surface area contributed by atoms with Crippen molar-refractivity contribution in [3.63, 3.8) is 0 Å². The quantitative estimate of drug-likeness (QED) is 0.764. The van der Waals surface area contributed by atoms with Gasteiger partial charge in [-0.2, -0.15) is 0 Å². The Bertz CT molecular complexity index is 353. The molecule has 0 aromatic carbocycles. The standard InChI is InChI=1S/C7H12N2.ClH.Cr.3O/c1-3-4-7-8-5-6-9(7)2;;;;;/h5-6H,3-4H2,1-2H3;1H;;;;/q;;+1;;;-1. The number of hydrogen-bond acceptors (Lipinski definition) is 3. The predicted molar refractivity (Wildman–Crippen MR) is 43.2 cm³/mol. The van der Waals surface area contributed by atoms with E-state index in [1.807, 2.05) is 12.4 Å². The first-order valence-electron chi connectivity index (χ1n) is 4.02. The zero-order valence-electron chi connectivity index (χ0n) is 8.03. The summed E-state index contributed by atoms with van der Waals surface area (Å²) in [6, 6.07) is 0. The van der Waals surface area contributed by atoms with Crippen molar-refractivity contribution in [2.45, 2.75) is 19.8 Å². The van der Waals surface area contributed by atoms with Crippen LogP contribution in [-0.4, -0.2) is 4.98 Å². The van der Waals surface area contributed by atoms with Crippen molar-refractivity contribution >= 4 is 10.0 Å². The van der Waals surface area contributed by atoms with Crippen LogP contribution < -0.4 is 8.73 Å². The van der Waals surface area contributed by atoms with Gasteiger partial charge in [0, 0.05) is 6.42 Å².